The number of nitrogens with two attached hydrogens (primary N) is 5. The molecule has 18 N–H and O–H groups in total. The van der Waals surface area contributed by atoms with Crippen molar-refractivity contribution >= 4 is 76.1 Å². The van der Waals surface area contributed by atoms with Crippen LogP contribution in [0.15, 0.2) is 64.7 Å². The fourth-order valence-electron chi connectivity index (χ4n) is 7.65. The summed E-state index contributed by atoms with van der Waals surface area (Å²) in [6.45, 7) is 4.85. The lowest BCUT2D eigenvalue weighted by Crippen LogP contribution is -2.60. The Hall–Kier alpha value is -8.32. The average molecular weight is 1050 g/mol. The van der Waals surface area contributed by atoms with Gasteiger partial charge in [-0.1, -0.05) is 56.7 Å². The highest BCUT2D eigenvalue weighted by molar-refractivity contribution is 6.02. The van der Waals surface area contributed by atoms with Gasteiger partial charge >= 0.3 is 6.03 Å². The van der Waals surface area contributed by atoms with Crippen molar-refractivity contribution in [2.24, 2.45) is 38.7 Å². The van der Waals surface area contributed by atoms with E-state index in [-0.39, 0.29) is 82.1 Å². The number of primary amides is 1. The van der Waals surface area contributed by atoms with Crippen molar-refractivity contribution in [1.29, 1.82) is 0 Å². The van der Waals surface area contributed by atoms with Gasteiger partial charge in [0.05, 0.1) is 13.0 Å². The average Bonchev–Trinajstić information content (AvgIpc) is 3.77. The highest BCUT2D eigenvalue weighted by Gasteiger charge is 2.36. The molecule has 5 atom stereocenters. The van der Waals surface area contributed by atoms with Crippen LogP contribution in [0.3, 0.4) is 0 Å². The number of benzene rings is 2. The van der Waals surface area contributed by atoms with E-state index in [1.807, 2.05) is 25.1 Å². The number of fused-ring (bicyclic) bond motifs is 1. The predicted molar refractivity (Wildman–Crippen MR) is 279 cm³/mol. The van der Waals surface area contributed by atoms with Crippen LogP contribution in [-0.4, -0.2) is 138 Å². The third-order valence-corrected chi connectivity index (χ3v) is 11.5. The zero-order valence-corrected chi connectivity index (χ0v) is 42.7. The van der Waals surface area contributed by atoms with E-state index in [0.29, 0.717) is 12.0 Å². The number of H-pyrrole nitrogens is 1. The van der Waals surface area contributed by atoms with Gasteiger partial charge in [0.25, 0.3) is 5.91 Å². The Morgan fingerprint density at radius 1 is 0.773 bits per heavy atom. The first kappa shape index (κ1) is 61.0. The summed E-state index contributed by atoms with van der Waals surface area (Å²) in [5.74, 6) is -7.37. The molecule has 1 aliphatic rings. The molecule has 26 heteroatoms. The highest BCUT2D eigenvalue weighted by atomic mass is 19.1. The van der Waals surface area contributed by atoms with Crippen LogP contribution in [-0.2, 0) is 51.2 Å². The number of nitrogens with zero attached hydrogens (tertiary/aromatic N) is 3. The molecule has 0 radical (unpaired) electrons. The molecular weight excluding hydrogens is 976 g/mol. The van der Waals surface area contributed by atoms with Crippen molar-refractivity contribution in [2.45, 2.75) is 122 Å². The molecule has 1 saturated heterocycles. The summed E-state index contributed by atoms with van der Waals surface area (Å²) < 4.78 is 15.1. The van der Waals surface area contributed by atoms with Crippen LogP contribution < -0.4 is 65.9 Å². The molecule has 3 aromatic rings. The van der Waals surface area contributed by atoms with E-state index in [9.17, 15) is 43.2 Å². The summed E-state index contributed by atoms with van der Waals surface area (Å²) in [6, 6.07) is 4.57. The van der Waals surface area contributed by atoms with Crippen molar-refractivity contribution in [3.05, 3.63) is 71.7 Å². The van der Waals surface area contributed by atoms with Gasteiger partial charge in [0.15, 0.2) is 11.9 Å². The summed E-state index contributed by atoms with van der Waals surface area (Å²) in [5, 5.41) is 18.6. The van der Waals surface area contributed by atoms with Crippen LogP contribution in [0, 0.1) is 5.82 Å². The number of guanidine groups is 2. The van der Waals surface area contributed by atoms with Crippen molar-refractivity contribution in [3.63, 3.8) is 0 Å². The number of aromatic nitrogens is 1. The number of rotatable bonds is 17. The summed E-state index contributed by atoms with van der Waals surface area (Å²) in [7, 11) is 0. The standard InChI is InChI=1S/C45H62FN13O9.C4H11N3/c1-3-4-20-59-43(67)36(57-41(65)33(54-26(2)60)17-11-19-51-44(48)49)23-37(61)50-18-10-9-16-32(39(47)63)56-42(66)35(22-28-24-52-31-15-8-6-13-29(28)31)55-38(62)25-53-40(64)34(58-45(59)68)21-27-12-5-7-14-30(27)46;1-2-3-7-4(5)6/h5-8,12-15,24,32-36,52H,3-4,9-11,16-23,25H2,1-2H3,(H2,47,63)(H,50,61)(H,53,64)(H,54,60)(H,55,62)(H,56,66)(H,57,65)(H,58,68)(H4,48,49,51);2-3H2,1H3,(H4,5,6,7)/t32?,33-,34?,35-,36?;/m0./s1. The lowest BCUT2D eigenvalue weighted by atomic mass is 10.0. The maximum Gasteiger partial charge on any atom is 0.324 e. The van der Waals surface area contributed by atoms with Crippen LogP contribution in [0.25, 0.3) is 10.9 Å². The van der Waals surface area contributed by atoms with Gasteiger partial charge in [-0.25, -0.2) is 9.18 Å². The van der Waals surface area contributed by atoms with Gasteiger partial charge in [-0.05, 0) is 68.2 Å². The summed E-state index contributed by atoms with van der Waals surface area (Å²) in [6.07, 6.45) is 3.00. The third kappa shape index (κ3) is 21.7. The molecule has 3 unspecified atom stereocenters. The number of urea groups is 1. The molecule has 1 aliphatic heterocycles. The lowest BCUT2D eigenvalue weighted by molar-refractivity contribution is -0.137. The van der Waals surface area contributed by atoms with Crippen LogP contribution in [0.2, 0.25) is 0 Å². The first-order chi connectivity index (χ1) is 35.7. The van der Waals surface area contributed by atoms with Crippen LogP contribution in [0.5, 0.6) is 0 Å². The molecule has 25 nitrogen and oxygen atoms in total. The molecule has 2 heterocycles. The second-order valence-electron chi connectivity index (χ2n) is 17.6. The molecule has 410 valence electrons. The van der Waals surface area contributed by atoms with Gasteiger partial charge < -0.3 is 70.9 Å². The Morgan fingerprint density at radius 3 is 2.09 bits per heavy atom. The maximum atomic E-state index is 15.1. The first-order valence-corrected chi connectivity index (χ1v) is 24.8. The number of para-hydroxylation sites is 1. The second-order valence-corrected chi connectivity index (χ2v) is 17.6. The zero-order valence-electron chi connectivity index (χ0n) is 42.7. The summed E-state index contributed by atoms with van der Waals surface area (Å²) in [4.78, 5) is 134. The van der Waals surface area contributed by atoms with Crippen LogP contribution in [0.4, 0.5) is 9.18 Å². The normalized spacial score (nSPS) is 18.9. The lowest BCUT2D eigenvalue weighted by Gasteiger charge is -2.29. The van der Waals surface area contributed by atoms with Crippen molar-refractivity contribution in [1.82, 2.24) is 47.1 Å². The van der Waals surface area contributed by atoms with Crippen LogP contribution in [0.1, 0.15) is 89.7 Å². The molecule has 10 amide bonds. The number of halogens is 1. The molecule has 2 aromatic carbocycles. The number of aliphatic imine (C=N–C) groups is 2. The van der Waals surface area contributed by atoms with Crippen molar-refractivity contribution < 1.29 is 47.5 Å². The van der Waals surface area contributed by atoms with Gasteiger partial charge in [-0.15, -0.1) is 0 Å². The molecule has 1 aromatic heterocycles. The Morgan fingerprint density at radius 2 is 1.44 bits per heavy atom. The van der Waals surface area contributed by atoms with E-state index in [0.717, 1.165) is 34.8 Å². The number of hydrogen-bond donors (Lipinski definition) is 13. The topological polar surface area (TPSA) is 412 Å². The van der Waals surface area contributed by atoms with Crippen LogP contribution >= 0.6 is 0 Å². The van der Waals surface area contributed by atoms with Gasteiger partial charge in [0, 0.05) is 63.0 Å². The number of amides is 10. The minimum absolute atomic E-state index is 0.00425. The highest BCUT2D eigenvalue weighted by Crippen LogP contribution is 2.20. The van der Waals surface area contributed by atoms with Gasteiger partial charge in [-0.3, -0.25) is 53.2 Å². The largest absolute Gasteiger partial charge is 0.370 e. The van der Waals surface area contributed by atoms with E-state index in [2.05, 4.69) is 52.2 Å². The Balaban J connectivity index is 0.00000197. The second kappa shape index (κ2) is 32.0. The fraction of sp³-hybridized carbons (Fsp3) is 0.490. The summed E-state index contributed by atoms with van der Waals surface area (Å²) >= 11 is 0. The molecule has 1 fully saturated rings. The maximum absolute atomic E-state index is 15.1. The predicted octanol–water partition coefficient (Wildman–Crippen LogP) is -1.23. The zero-order chi connectivity index (χ0) is 55.5. The number of unbranched alkanes of at least 4 members (excludes halogenated alkanes) is 1. The minimum atomic E-state index is -1.70. The molecule has 0 saturated carbocycles. The van der Waals surface area contributed by atoms with E-state index < -0.39 is 109 Å². The van der Waals surface area contributed by atoms with Gasteiger partial charge in [0.2, 0.25) is 41.4 Å². The molecule has 75 heavy (non-hydrogen) atoms. The Bertz CT molecular complexity index is 2490. The van der Waals surface area contributed by atoms with Gasteiger partial charge in [-0.2, -0.15) is 0 Å². The summed E-state index contributed by atoms with van der Waals surface area (Å²) in [5.41, 5.74) is 27.9. The van der Waals surface area contributed by atoms with Gasteiger partial charge in [0.1, 0.15) is 36.0 Å². The molecule has 0 aliphatic carbocycles. The third-order valence-electron chi connectivity index (χ3n) is 11.5. The number of aromatic amines is 1. The monoisotopic (exact) mass is 1050 g/mol. The Kier molecular flexibility index (Phi) is 26.0. The number of imide groups is 1. The quantitative estimate of drug-likeness (QED) is 0.0429. The molecule has 0 spiro atoms. The van der Waals surface area contributed by atoms with E-state index in [1.165, 1.54) is 25.1 Å². The molecule has 0 bridgehead atoms. The Labute approximate surface area is 434 Å². The van der Waals surface area contributed by atoms with Crippen molar-refractivity contribution in [3.8, 4) is 0 Å². The first-order valence-electron chi connectivity index (χ1n) is 24.8. The van der Waals surface area contributed by atoms with E-state index >= 15 is 4.39 Å². The SMILES string of the molecule is CCCCN1C(=O)NC(Cc2ccccc2F)C(=O)NCC(=O)N[C@@H](Cc2c[nH]c3ccccc23)C(=O)NC(C(N)=O)CCCCNC(=O)CC(NC(=O)[C@H](CCCN=C(N)N)NC(C)=O)C1=O.CCCN=C(N)N. The molecular formula is C49H73FN16O9. The van der Waals surface area contributed by atoms with Crippen molar-refractivity contribution in [2.75, 3.05) is 32.7 Å². The minimum Gasteiger partial charge on any atom is -0.370 e. The number of hydrogen-bond acceptors (Lipinski definition) is 11. The molecule has 4 rings (SSSR count). The smallest absolute Gasteiger partial charge is 0.324 e. The fourth-order valence-corrected chi connectivity index (χ4v) is 7.65. The van der Waals surface area contributed by atoms with E-state index in [1.54, 1.807) is 19.2 Å². The number of carbonyl (C=O) groups excluding carboxylic acids is 9. The number of nitrogens with one attached hydrogen (secondary N) is 8. The van der Waals surface area contributed by atoms with E-state index in [4.69, 9.17) is 28.7 Å². The number of carbonyl (C=O) groups is 9.